The standard InChI is InChI=1S/C23H35N3O2S/c27-23(24-7-9-25-10-12-28-13-11-25)21-3-1-2-19(17-21)16-20-4-8-26(18-20)22-5-14-29-15-6-22/h1-3,17,20,22H,4-16,18H2,(H,24,27). The first kappa shape index (κ1) is 21.2. The Morgan fingerprint density at radius 3 is 2.79 bits per heavy atom. The van der Waals surface area contributed by atoms with Crippen LogP contribution < -0.4 is 5.32 Å². The van der Waals surface area contributed by atoms with Crippen molar-refractivity contribution in [1.29, 1.82) is 0 Å². The van der Waals surface area contributed by atoms with E-state index in [0.29, 0.717) is 6.54 Å². The molecule has 1 aromatic rings. The van der Waals surface area contributed by atoms with E-state index >= 15 is 0 Å². The summed E-state index contributed by atoms with van der Waals surface area (Å²) in [5.74, 6) is 3.43. The van der Waals surface area contributed by atoms with Crippen LogP contribution >= 0.6 is 11.8 Å². The largest absolute Gasteiger partial charge is 0.379 e. The highest BCUT2D eigenvalue weighted by atomic mass is 32.2. The van der Waals surface area contributed by atoms with E-state index in [1.807, 2.05) is 12.1 Å². The number of benzene rings is 1. The first-order chi connectivity index (χ1) is 14.3. The fourth-order valence-electron chi connectivity index (χ4n) is 4.84. The van der Waals surface area contributed by atoms with Gasteiger partial charge in [-0.15, -0.1) is 0 Å². The van der Waals surface area contributed by atoms with Crippen LogP contribution in [0.5, 0.6) is 0 Å². The lowest BCUT2D eigenvalue weighted by Crippen LogP contribution is -2.41. The maximum Gasteiger partial charge on any atom is 0.251 e. The average Bonchev–Trinajstić information content (AvgIpc) is 3.24. The molecule has 3 saturated heterocycles. The predicted octanol–water partition coefficient (Wildman–Crippen LogP) is 2.51. The molecule has 0 aromatic heterocycles. The smallest absolute Gasteiger partial charge is 0.251 e. The summed E-state index contributed by atoms with van der Waals surface area (Å²) in [7, 11) is 0. The van der Waals surface area contributed by atoms with Gasteiger partial charge < -0.3 is 15.0 Å². The van der Waals surface area contributed by atoms with Crippen LogP contribution in [0.25, 0.3) is 0 Å². The van der Waals surface area contributed by atoms with Crippen molar-refractivity contribution < 1.29 is 9.53 Å². The molecular weight excluding hydrogens is 382 g/mol. The number of ether oxygens (including phenoxy) is 1. The first-order valence-electron chi connectivity index (χ1n) is 11.3. The van der Waals surface area contributed by atoms with Gasteiger partial charge >= 0.3 is 0 Å². The normalized spacial score (nSPS) is 24.6. The second kappa shape index (κ2) is 10.8. The predicted molar refractivity (Wildman–Crippen MR) is 120 cm³/mol. The molecule has 29 heavy (non-hydrogen) atoms. The summed E-state index contributed by atoms with van der Waals surface area (Å²) in [5, 5.41) is 3.09. The van der Waals surface area contributed by atoms with Crippen LogP contribution in [0.3, 0.4) is 0 Å². The lowest BCUT2D eigenvalue weighted by molar-refractivity contribution is 0.0383. The number of thioether (sulfide) groups is 1. The van der Waals surface area contributed by atoms with E-state index < -0.39 is 0 Å². The summed E-state index contributed by atoms with van der Waals surface area (Å²) in [5.41, 5.74) is 2.10. The molecule has 1 amide bonds. The van der Waals surface area contributed by atoms with Gasteiger partial charge in [0, 0.05) is 44.3 Å². The zero-order chi connectivity index (χ0) is 19.9. The minimum absolute atomic E-state index is 0.0489. The number of morpholine rings is 1. The molecule has 0 aliphatic carbocycles. The summed E-state index contributed by atoms with van der Waals surface area (Å²) in [6.45, 7) is 7.59. The molecule has 0 bridgehead atoms. The highest BCUT2D eigenvalue weighted by Crippen LogP contribution is 2.28. The Morgan fingerprint density at radius 2 is 1.97 bits per heavy atom. The molecule has 0 spiro atoms. The van der Waals surface area contributed by atoms with Crippen molar-refractivity contribution in [3.8, 4) is 0 Å². The third kappa shape index (κ3) is 6.20. The van der Waals surface area contributed by atoms with Crippen LogP contribution in [0.15, 0.2) is 24.3 Å². The van der Waals surface area contributed by atoms with Crippen molar-refractivity contribution in [1.82, 2.24) is 15.1 Å². The van der Waals surface area contributed by atoms with Crippen molar-refractivity contribution in [2.45, 2.75) is 31.7 Å². The summed E-state index contributed by atoms with van der Waals surface area (Å²) in [6, 6.07) is 9.07. The molecule has 1 aromatic carbocycles. The second-order valence-corrected chi connectivity index (χ2v) is 9.83. The number of rotatable bonds is 7. The fourth-order valence-corrected chi connectivity index (χ4v) is 5.92. The van der Waals surface area contributed by atoms with Gasteiger partial charge in [0.25, 0.3) is 5.91 Å². The second-order valence-electron chi connectivity index (χ2n) is 8.61. The van der Waals surface area contributed by atoms with E-state index in [0.717, 1.165) is 56.8 Å². The lowest BCUT2D eigenvalue weighted by atomic mass is 9.97. The molecule has 5 nitrogen and oxygen atoms in total. The molecule has 0 radical (unpaired) electrons. The zero-order valence-corrected chi connectivity index (χ0v) is 18.3. The first-order valence-corrected chi connectivity index (χ1v) is 12.4. The van der Waals surface area contributed by atoms with E-state index in [-0.39, 0.29) is 5.91 Å². The maximum atomic E-state index is 12.6. The minimum atomic E-state index is 0.0489. The number of nitrogens with zero attached hydrogens (tertiary/aromatic N) is 2. The van der Waals surface area contributed by atoms with Crippen LogP contribution in [-0.4, -0.2) is 85.7 Å². The summed E-state index contributed by atoms with van der Waals surface area (Å²) < 4.78 is 5.37. The van der Waals surface area contributed by atoms with Crippen molar-refractivity contribution in [2.75, 3.05) is 64.0 Å². The molecule has 6 heteroatoms. The third-order valence-corrected chi connectivity index (χ3v) is 7.60. The summed E-state index contributed by atoms with van der Waals surface area (Å²) in [6.07, 6.45) is 5.10. The molecule has 3 fully saturated rings. The number of carbonyl (C=O) groups excluding carboxylic acids is 1. The van der Waals surface area contributed by atoms with Crippen molar-refractivity contribution in [3.63, 3.8) is 0 Å². The molecule has 3 aliphatic heterocycles. The van der Waals surface area contributed by atoms with Crippen LogP contribution in [0.2, 0.25) is 0 Å². The highest BCUT2D eigenvalue weighted by Gasteiger charge is 2.29. The number of likely N-dealkylation sites (tertiary alicyclic amines) is 1. The topological polar surface area (TPSA) is 44.8 Å². The quantitative estimate of drug-likeness (QED) is 0.739. The summed E-state index contributed by atoms with van der Waals surface area (Å²) >= 11 is 2.11. The number of carbonyl (C=O) groups is 1. The van der Waals surface area contributed by atoms with Gasteiger partial charge in [0.05, 0.1) is 13.2 Å². The molecular formula is C23H35N3O2S. The molecule has 1 N–H and O–H groups in total. The van der Waals surface area contributed by atoms with Crippen LogP contribution in [0.4, 0.5) is 0 Å². The lowest BCUT2D eigenvalue weighted by Gasteiger charge is -2.30. The van der Waals surface area contributed by atoms with Gasteiger partial charge in [-0.1, -0.05) is 12.1 Å². The molecule has 0 saturated carbocycles. The van der Waals surface area contributed by atoms with E-state index in [9.17, 15) is 4.79 Å². The van der Waals surface area contributed by atoms with Crippen LogP contribution in [0.1, 0.15) is 35.2 Å². The number of hydrogen-bond acceptors (Lipinski definition) is 5. The number of nitrogens with one attached hydrogen (secondary N) is 1. The van der Waals surface area contributed by atoms with E-state index in [4.69, 9.17) is 4.74 Å². The van der Waals surface area contributed by atoms with Gasteiger partial charge in [-0.05, 0) is 67.3 Å². The Bertz CT molecular complexity index is 659. The van der Waals surface area contributed by atoms with E-state index in [1.165, 1.54) is 49.4 Å². The van der Waals surface area contributed by atoms with E-state index in [1.54, 1.807) is 0 Å². The zero-order valence-electron chi connectivity index (χ0n) is 17.5. The monoisotopic (exact) mass is 417 g/mol. The summed E-state index contributed by atoms with van der Waals surface area (Å²) in [4.78, 5) is 17.6. The Balaban J connectivity index is 1.23. The molecule has 3 aliphatic rings. The van der Waals surface area contributed by atoms with E-state index in [2.05, 4.69) is 39.0 Å². The van der Waals surface area contributed by atoms with Gasteiger partial charge in [-0.2, -0.15) is 11.8 Å². The molecule has 3 heterocycles. The van der Waals surface area contributed by atoms with Crippen molar-refractivity contribution >= 4 is 17.7 Å². The van der Waals surface area contributed by atoms with Gasteiger partial charge in [0.2, 0.25) is 0 Å². The molecule has 160 valence electrons. The number of amides is 1. The van der Waals surface area contributed by atoms with Gasteiger partial charge in [-0.25, -0.2) is 0 Å². The molecule has 1 unspecified atom stereocenters. The van der Waals surface area contributed by atoms with Crippen molar-refractivity contribution in [2.24, 2.45) is 5.92 Å². The Morgan fingerprint density at radius 1 is 1.14 bits per heavy atom. The van der Waals surface area contributed by atoms with Gasteiger partial charge in [-0.3, -0.25) is 9.69 Å². The molecule has 1 atom stereocenters. The van der Waals surface area contributed by atoms with Gasteiger partial charge in [0.15, 0.2) is 0 Å². The van der Waals surface area contributed by atoms with Crippen LogP contribution in [-0.2, 0) is 11.2 Å². The SMILES string of the molecule is O=C(NCCN1CCOCC1)c1cccc(CC2CCN(C3CCSCC3)C2)c1. The average molecular weight is 418 g/mol. The van der Waals surface area contributed by atoms with Gasteiger partial charge in [0.1, 0.15) is 0 Å². The fraction of sp³-hybridized carbons (Fsp3) is 0.696. The van der Waals surface area contributed by atoms with Crippen molar-refractivity contribution in [3.05, 3.63) is 35.4 Å². The Hall–Kier alpha value is -1.08. The third-order valence-electron chi connectivity index (χ3n) is 6.56. The Kier molecular flexibility index (Phi) is 7.88. The van der Waals surface area contributed by atoms with Crippen LogP contribution in [0, 0.1) is 5.92 Å². The highest BCUT2D eigenvalue weighted by molar-refractivity contribution is 7.99. The molecule has 4 rings (SSSR count). The Labute approximate surface area is 179 Å². The number of hydrogen-bond donors (Lipinski definition) is 1. The minimum Gasteiger partial charge on any atom is -0.379 e. The maximum absolute atomic E-state index is 12.6.